The van der Waals surface area contributed by atoms with E-state index >= 15 is 0 Å². The molecule has 1 aliphatic heterocycles. The maximum Gasteiger partial charge on any atom is 0.316 e. The van der Waals surface area contributed by atoms with Gasteiger partial charge in [-0.3, -0.25) is 0 Å². The van der Waals surface area contributed by atoms with Crippen molar-refractivity contribution in [3.8, 4) is 6.01 Å². The molecule has 0 bridgehead atoms. The summed E-state index contributed by atoms with van der Waals surface area (Å²) in [4.78, 5) is 8.67. The van der Waals surface area contributed by atoms with Crippen molar-refractivity contribution in [3.63, 3.8) is 0 Å². The van der Waals surface area contributed by atoms with Crippen LogP contribution in [0.2, 0.25) is 0 Å². The lowest BCUT2D eigenvalue weighted by atomic mass is 10.0. The molecular formula is C19H25N3O3S. The first kappa shape index (κ1) is 18.8. The van der Waals surface area contributed by atoms with Crippen LogP contribution in [-0.4, -0.2) is 42.4 Å². The summed E-state index contributed by atoms with van der Waals surface area (Å²) in [6.07, 6.45) is 5.18. The number of hydrogen-bond donors (Lipinski definition) is 0. The minimum atomic E-state index is -3.49. The molecule has 0 radical (unpaired) electrons. The molecule has 1 atom stereocenters. The Bertz CT molecular complexity index is 866. The third kappa shape index (κ3) is 4.22. The molecule has 1 aliphatic rings. The van der Waals surface area contributed by atoms with Gasteiger partial charge in [-0.25, -0.2) is 18.4 Å². The molecular weight excluding hydrogens is 350 g/mol. The lowest BCUT2D eigenvalue weighted by Gasteiger charge is -2.32. The van der Waals surface area contributed by atoms with Crippen LogP contribution < -0.4 is 4.74 Å². The van der Waals surface area contributed by atoms with Gasteiger partial charge in [-0.1, -0.05) is 12.1 Å². The molecule has 2 aromatic rings. The molecule has 1 saturated heterocycles. The second kappa shape index (κ2) is 7.72. The van der Waals surface area contributed by atoms with Crippen molar-refractivity contribution in [3.05, 3.63) is 47.3 Å². The molecule has 1 aromatic heterocycles. The topological polar surface area (TPSA) is 72.4 Å². The van der Waals surface area contributed by atoms with Gasteiger partial charge in [0.05, 0.1) is 11.5 Å². The first-order valence-corrected chi connectivity index (χ1v) is 10.3. The quantitative estimate of drug-likeness (QED) is 0.803. The summed E-state index contributed by atoms with van der Waals surface area (Å²) >= 11 is 0. The average Bonchev–Trinajstić information content (AvgIpc) is 2.63. The van der Waals surface area contributed by atoms with E-state index in [-0.39, 0.29) is 5.92 Å². The van der Waals surface area contributed by atoms with Gasteiger partial charge in [-0.15, -0.1) is 0 Å². The predicted octanol–water partition coefficient (Wildman–Crippen LogP) is 2.88. The van der Waals surface area contributed by atoms with Crippen LogP contribution in [0.5, 0.6) is 6.01 Å². The van der Waals surface area contributed by atoms with E-state index in [0.717, 1.165) is 29.5 Å². The SMILES string of the molecule is Cc1cnc(OCC2CCCN(S(=O)(=O)c3cc(C)ccc3C)C2)nc1. The number of hydrogen-bond acceptors (Lipinski definition) is 5. The summed E-state index contributed by atoms with van der Waals surface area (Å²) < 4.78 is 33.4. The summed E-state index contributed by atoms with van der Waals surface area (Å²) in [6.45, 7) is 7.09. The molecule has 3 rings (SSSR count). The van der Waals surface area contributed by atoms with Crippen LogP contribution in [-0.2, 0) is 10.0 Å². The van der Waals surface area contributed by atoms with Crippen LogP contribution in [0.15, 0.2) is 35.5 Å². The second-order valence-corrected chi connectivity index (χ2v) is 8.90. The maximum atomic E-state index is 13.1. The Morgan fingerprint density at radius 2 is 1.88 bits per heavy atom. The normalized spacial score (nSPS) is 18.7. The van der Waals surface area contributed by atoms with Crippen molar-refractivity contribution >= 4 is 10.0 Å². The molecule has 7 heteroatoms. The standard InChI is InChI=1S/C19H25N3O3S/c1-14-6-7-16(3)18(9-14)26(23,24)22-8-4-5-17(12-22)13-25-19-20-10-15(2)11-21-19/h6-7,9-11,17H,4-5,8,12-13H2,1-3H3. The van der Waals surface area contributed by atoms with Crippen LogP contribution in [0, 0.1) is 26.7 Å². The zero-order valence-corrected chi connectivity index (χ0v) is 16.3. The van der Waals surface area contributed by atoms with Gasteiger partial charge in [0, 0.05) is 31.4 Å². The molecule has 1 fully saturated rings. The fourth-order valence-electron chi connectivity index (χ4n) is 3.15. The minimum Gasteiger partial charge on any atom is -0.463 e. The molecule has 2 heterocycles. The van der Waals surface area contributed by atoms with Crippen molar-refractivity contribution in [1.82, 2.24) is 14.3 Å². The Kier molecular flexibility index (Phi) is 5.58. The van der Waals surface area contributed by atoms with E-state index in [4.69, 9.17) is 4.74 Å². The van der Waals surface area contributed by atoms with E-state index in [0.29, 0.717) is 30.6 Å². The van der Waals surface area contributed by atoms with E-state index in [1.165, 1.54) is 0 Å². The number of aromatic nitrogens is 2. The highest BCUT2D eigenvalue weighted by atomic mass is 32.2. The molecule has 26 heavy (non-hydrogen) atoms. The van der Waals surface area contributed by atoms with Gasteiger partial charge in [-0.2, -0.15) is 4.31 Å². The smallest absolute Gasteiger partial charge is 0.316 e. The largest absolute Gasteiger partial charge is 0.463 e. The number of piperidine rings is 1. The van der Waals surface area contributed by atoms with Crippen LogP contribution in [0.3, 0.4) is 0 Å². The Morgan fingerprint density at radius 3 is 2.62 bits per heavy atom. The maximum absolute atomic E-state index is 13.1. The van der Waals surface area contributed by atoms with Crippen molar-refractivity contribution < 1.29 is 13.2 Å². The number of sulfonamides is 1. The van der Waals surface area contributed by atoms with Gasteiger partial charge in [0.15, 0.2) is 0 Å². The van der Waals surface area contributed by atoms with Crippen molar-refractivity contribution in [2.45, 2.75) is 38.5 Å². The molecule has 0 saturated carbocycles. The first-order chi connectivity index (χ1) is 12.4. The fraction of sp³-hybridized carbons (Fsp3) is 0.474. The zero-order chi connectivity index (χ0) is 18.7. The molecule has 140 valence electrons. The number of aryl methyl sites for hydroxylation is 3. The molecule has 6 nitrogen and oxygen atoms in total. The molecule has 1 aromatic carbocycles. The summed E-state index contributed by atoms with van der Waals surface area (Å²) in [5.74, 6) is 0.133. The zero-order valence-electron chi connectivity index (χ0n) is 15.5. The minimum absolute atomic E-state index is 0.133. The fourth-order valence-corrected chi connectivity index (χ4v) is 5.02. The lowest BCUT2D eigenvalue weighted by Crippen LogP contribution is -2.41. The van der Waals surface area contributed by atoms with E-state index < -0.39 is 10.0 Å². The Labute approximate surface area is 155 Å². The van der Waals surface area contributed by atoms with E-state index in [1.807, 2.05) is 32.9 Å². The van der Waals surface area contributed by atoms with Gasteiger partial charge >= 0.3 is 6.01 Å². The van der Waals surface area contributed by atoms with Crippen molar-refractivity contribution in [2.24, 2.45) is 5.92 Å². The highest BCUT2D eigenvalue weighted by Crippen LogP contribution is 2.26. The Balaban J connectivity index is 1.69. The monoisotopic (exact) mass is 375 g/mol. The number of benzene rings is 1. The number of rotatable bonds is 5. The van der Waals surface area contributed by atoms with Gasteiger partial charge in [0.1, 0.15) is 0 Å². The number of nitrogens with zero attached hydrogens (tertiary/aromatic N) is 3. The summed E-state index contributed by atoms with van der Waals surface area (Å²) in [6, 6.07) is 5.89. The molecule has 0 spiro atoms. The molecule has 1 unspecified atom stereocenters. The van der Waals surface area contributed by atoms with Gasteiger partial charge < -0.3 is 4.74 Å². The first-order valence-electron chi connectivity index (χ1n) is 8.85. The summed E-state index contributed by atoms with van der Waals surface area (Å²) in [5.41, 5.74) is 2.70. The third-order valence-corrected chi connectivity index (χ3v) is 6.66. The van der Waals surface area contributed by atoms with E-state index in [2.05, 4.69) is 9.97 Å². The van der Waals surface area contributed by atoms with Gasteiger partial charge in [-0.05, 0) is 56.4 Å². The van der Waals surface area contributed by atoms with E-state index in [9.17, 15) is 8.42 Å². The predicted molar refractivity (Wildman–Crippen MR) is 99.7 cm³/mol. The van der Waals surface area contributed by atoms with Crippen molar-refractivity contribution in [1.29, 1.82) is 0 Å². The second-order valence-electron chi connectivity index (χ2n) is 6.99. The van der Waals surface area contributed by atoms with Gasteiger partial charge in [0.25, 0.3) is 0 Å². The van der Waals surface area contributed by atoms with E-state index in [1.54, 1.807) is 22.8 Å². The van der Waals surface area contributed by atoms with Crippen LogP contribution in [0.1, 0.15) is 29.5 Å². The van der Waals surface area contributed by atoms with Crippen LogP contribution >= 0.6 is 0 Å². The molecule has 0 N–H and O–H groups in total. The number of ether oxygens (including phenoxy) is 1. The third-order valence-electron chi connectivity index (χ3n) is 4.65. The highest BCUT2D eigenvalue weighted by Gasteiger charge is 2.31. The molecule has 0 aliphatic carbocycles. The van der Waals surface area contributed by atoms with Crippen LogP contribution in [0.25, 0.3) is 0 Å². The van der Waals surface area contributed by atoms with Gasteiger partial charge in [0.2, 0.25) is 10.0 Å². The van der Waals surface area contributed by atoms with Crippen LogP contribution in [0.4, 0.5) is 0 Å². The molecule has 0 amide bonds. The highest BCUT2D eigenvalue weighted by molar-refractivity contribution is 7.89. The van der Waals surface area contributed by atoms with Crippen molar-refractivity contribution in [2.75, 3.05) is 19.7 Å². The average molecular weight is 375 g/mol. The Morgan fingerprint density at radius 1 is 1.15 bits per heavy atom. The summed E-state index contributed by atoms with van der Waals surface area (Å²) in [7, 11) is -3.49. The Hall–Kier alpha value is -1.99. The summed E-state index contributed by atoms with van der Waals surface area (Å²) in [5, 5.41) is 0. The lowest BCUT2D eigenvalue weighted by molar-refractivity contribution is 0.171.